The Hall–Kier alpha value is -4.86. The highest BCUT2D eigenvalue weighted by atomic mass is 19.4. The molecule has 2 heterocycles. The van der Waals surface area contributed by atoms with Gasteiger partial charge < -0.3 is 11.1 Å². The number of hydrogen-bond acceptors (Lipinski definition) is 5. The zero-order valence-electron chi connectivity index (χ0n) is 18.8. The average Bonchev–Trinajstić information content (AvgIpc) is 3.14. The number of nitriles is 1. The molecule has 188 valence electrons. The Balaban J connectivity index is 1.78. The summed E-state index contributed by atoms with van der Waals surface area (Å²) in [5.74, 6) is -3.75. The number of nitrogens with one attached hydrogen (secondary N) is 1. The largest absolute Gasteiger partial charge is 0.437 e. The maximum Gasteiger partial charge on any atom is 0.437 e. The van der Waals surface area contributed by atoms with Gasteiger partial charge in [0.05, 0.1) is 40.6 Å². The fourth-order valence-electron chi connectivity index (χ4n) is 3.74. The fraction of sp³-hybridized carbons (Fsp3) is 0.125. The van der Waals surface area contributed by atoms with Gasteiger partial charge in [0.1, 0.15) is 17.3 Å². The Labute approximate surface area is 205 Å². The van der Waals surface area contributed by atoms with Gasteiger partial charge >= 0.3 is 6.18 Å². The number of primary amides is 1. The lowest BCUT2D eigenvalue weighted by Crippen LogP contribution is -2.20. The number of pyridine rings is 1. The van der Waals surface area contributed by atoms with Crippen LogP contribution in [0.25, 0.3) is 10.9 Å². The first-order valence-electron chi connectivity index (χ1n) is 10.4. The van der Waals surface area contributed by atoms with Crippen LogP contribution in [0, 0.1) is 29.9 Å². The van der Waals surface area contributed by atoms with Gasteiger partial charge in [-0.3, -0.25) is 14.3 Å². The van der Waals surface area contributed by atoms with Crippen LogP contribution in [0.3, 0.4) is 0 Å². The molecule has 0 radical (unpaired) electrons. The number of amides is 2. The molecule has 2 aromatic carbocycles. The molecule has 37 heavy (non-hydrogen) atoms. The van der Waals surface area contributed by atoms with E-state index in [0.29, 0.717) is 0 Å². The first kappa shape index (κ1) is 25.2. The third kappa shape index (κ3) is 4.81. The van der Waals surface area contributed by atoms with Crippen LogP contribution in [0.5, 0.6) is 0 Å². The number of hydrogen-bond donors (Lipinski definition) is 2. The van der Waals surface area contributed by atoms with Crippen molar-refractivity contribution in [1.82, 2.24) is 14.8 Å². The molecule has 8 nitrogen and oxygen atoms in total. The highest BCUT2D eigenvalue weighted by molar-refractivity contribution is 6.10. The lowest BCUT2D eigenvalue weighted by molar-refractivity contribution is -0.140. The van der Waals surface area contributed by atoms with Crippen molar-refractivity contribution in [2.45, 2.75) is 19.6 Å². The van der Waals surface area contributed by atoms with Crippen molar-refractivity contribution in [3.05, 3.63) is 87.9 Å². The highest BCUT2D eigenvalue weighted by Crippen LogP contribution is 2.36. The molecule has 0 fully saturated rings. The minimum Gasteiger partial charge on any atom is -0.366 e. The molecule has 3 N–H and O–H groups in total. The van der Waals surface area contributed by atoms with Crippen molar-refractivity contribution < 1.29 is 31.5 Å². The summed E-state index contributed by atoms with van der Waals surface area (Å²) in [6.45, 7) is 0.839. The second-order valence-corrected chi connectivity index (χ2v) is 7.89. The van der Waals surface area contributed by atoms with Crippen LogP contribution in [-0.4, -0.2) is 26.6 Å². The van der Waals surface area contributed by atoms with Gasteiger partial charge in [0.15, 0.2) is 5.69 Å². The van der Waals surface area contributed by atoms with E-state index in [-0.39, 0.29) is 33.3 Å². The highest BCUT2D eigenvalue weighted by Gasteiger charge is 2.39. The van der Waals surface area contributed by atoms with E-state index < -0.39 is 53.2 Å². The van der Waals surface area contributed by atoms with E-state index in [4.69, 9.17) is 5.73 Å². The monoisotopic (exact) mass is 514 g/mol. The van der Waals surface area contributed by atoms with E-state index in [0.717, 1.165) is 28.9 Å². The zero-order valence-corrected chi connectivity index (χ0v) is 18.8. The maximum atomic E-state index is 14.3. The van der Waals surface area contributed by atoms with Crippen molar-refractivity contribution >= 4 is 28.4 Å². The number of carbonyl (C=O) groups is 2. The standard InChI is InChI=1S/C24H15F5N6O2/c1-11-20(21(24(27,28)29)34-35(11)10-13-7-14(25)6-5-12(13)9-30)33-23(37)18-8-15(22(31)36)19-16(26)3-2-4-17(19)32-18/h2-8H,10H2,1H3,(H2,31,36)(H,33,37). The topological polar surface area (TPSA) is 127 Å². The van der Waals surface area contributed by atoms with Crippen LogP contribution in [0.4, 0.5) is 27.6 Å². The summed E-state index contributed by atoms with van der Waals surface area (Å²) in [7, 11) is 0. The smallest absolute Gasteiger partial charge is 0.366 e. The van der Waals surface area contributed by atoms with E-state index in [2.05, 4.69) is 15.4 Å². The molecule has 0 bridgehead atoms. The molecule has 4 rings (SSSR count). The molecule has 0 saturated heterocycles. The molecule has 13 heteroatoms. The Morgan fingerprint density at radius 3 is 2.54 bits per heavy atom. The van der Waals surface area contributed by atoms with Crippen LogP contribution in [0.15, 0.2) is 42.5 Å². The van der Waals surface area contributed by atoms with Gasteiger partial charge in [0, 0.05) is 5.39 Å². The molecule has 0 aliphatic rings. The predicted molar refractivity (Wildman–Crippen MR) is 120 cm³/mol. The van der Waals surface area contributed by atoms with Crippen LogP contribution in [0.1, 0.15) is 43.4 Å². The minimum atomic E-state index is -5.00. The molecule has 0 aliphatic heterocycles. The number of aromatic nitrogens is 3. The van der Waals surface area contributed by atoms with Crippen molar-refractivity contribution in [3.8, 4) is 6.07 Å². The van der Waals surface area contributed by atoms with Gasteiger partial charge in [0.2, 0.25) is 5.91 Å². The fourth-order valence-corrected chi connectivity index (χ4v) is 3.74. The second-order valence-electron chi connectivity index (χ2n) is 7.89. The quantitative estimate of drug-likeness (QED) is 0.384. The van der Waals surface area contributed by atoms with Crippen molar-refractivity contribution in [2.24, 2.45) is 5.73 Å². The number of rotatable bonds is 5. The predicted octanol–water partition coefficient (Wildman–Crippen LogP) is 4.31. The number of alkyl halides is 3. The van der Waals surface area contributed by atoms with Gasteiger partial charge in [-0.15, -0.1) is 0 Å². The van der Waals surface area contributed by atoms with Crippen LogP contribution >= 0.6 is 0 Å². The Bertz CT molecular complexity index is 1620. The summed E-state index contributed by atoms with van der Waals surface area (Å²) in [6, 6.07) is 9.55. The number of nitrogens with zero attached hydrogens (tertiary/aromatic N) is 4. The van der Waals surface area contributed by atoms with E-state index >= 15 is 0 Å². The zero-order chi connectivity index (χ0) is 27.1. The van der Waals surface area contributed by atoms with E-state index in [1.807, 2.05) is 6.07 Å². The third-order valence-electron chi connectivity index (χ3n) is 5.50. The molecular formula is C24H15F5N6O2. The number of nitrogens with two attached hydrogens (primary N) is 1. The number of carbonyl (C=O) groups excluding carboxylic acids is 2. The molecule has 0 unspecified atom stereocenters. The second kappa shape index (κ2) is 9.30. The van der Waals surface area contributed by atoms with Gasteiger partial charge in [-0.05, 0) is 48.9 Å². The van der Waals surface area contributed by atoms with Crippen molar-refractivity contribution in [3.63, 3.8) is 0 Å². The van der Waals surface area contributed by atoms with Gasteiger partial charge in [0.25, 0.3) is 5.91 Å². The average molecular weight is 514 g/mol. The van der Waals surface area contributed by atoms with Crippen LogP contribution in [0.2, 0.25) is 0 Å². The SMILES string of the molecule is Cc1c(NC(=O)c2cc(C(N)=O)c3c(F)cccc3n2)c(C(F)(F)F)nn1Cc1cc(F)ccc1C#N. The van der Waals surface area contributed by atoms with Crippen molar-refractivity contribution in [2.75, 3.05) is 5.32 Å². The summed E-state index contributed by atoms with van der Waals surface area (Å²) in [5.41, 5.74) is 2.10. The summed E-state index contributed by atoms with van der Waals surface area (Å²) < 4.78 is 70.3. The van der Waals surface area contributed by atoms with Crippen LogP contribution in [-0.2, 0) is 12.7 Å². The van der Waals surface area contributed by atoms with Crippen LogP contribution < -0.4 is 11.1 Å². The van der Waals surface area contributed by atoms with E-state index in [1.165, 1.54) is 25.1 Å². The van der Waals surface area contributed by atoms with Gasteiger partial charge in [-0.2, -0.15) is 23.5 Å². The first-order chi connectivity index (χ1) is 17.4. The number of fused-ring (bicyclic) bond motifs is 1. The summed E-state index contributed by atoms with van der Waals surface area (Å²) >= 11 is 0. The summed E-state index contributed by atoms with van der Waals surface area (Å²) in [5, 5.41) is 14.6. The summed E-state index contributed by atoms with van der Waals surface area (Å²) in [4.78, 5) is 28.8. The van der Waals surface area contributed by atoms with E-state index in [9.17, 15) is 36.8 Å². The van der Waals surface area contributed by atoms with Gasteiger partial charge in [-0.25, -0.2) is 13.8 Å². The summed E-state index contributed by atoms with van der Waals surface area (Å²) in [6.07, 6.45) is -5.00. The molecule has 2 amide bonds. The van der Waals surface area contributed by atoms with Crippen molar-refractivity contribution in [1.29, 1.82) is 5.26 Å². The minimum absolute atomic E-state index is 0.0296. The van der Waals surface area contributed by atoms with Gasteiger partial charge in [-0.1, -0.05) is 6.07 Å². The maximum absolute atomic E-state index is 14.3. The number of anilines is 1. The number of benzene rings is 2. The molecule has 4 aromatic rings. The molecule has 0 aliphatic carbocycles. The molecular weight excluding hydrogens is 499 g/mol. The number of halogens is 5. The Kier molecular flexibility index (Phi) is 6.35. The normalized spacial score (nSPS) is 11.4. The molecule has 0 spiro atoms. The first-order valence-corrected chi connectivity index (χ1v) is 10.4. The lowest BCUT2D eigenvalue weighted by atomic mass is 10.1. The Morgan fingerprint density at radius 1 is 1.16 bits per heavy atom. The Morgan fingerprint density at radius 2 is 1.89 bits per heavy atom. The molecule has 2 aromatic heterocycles. The molecule has 0 atom stereocenters. The molecule has 0 saturated carbocycles. The lowest BCUT2D eigenvalue weighted by Gasteiger charge is -2.11. The van der Waals surface area contributed by atoms with E-state index in [1.54, 1.807) is 0 Å². The third-order valence-corrected chi connectivity index (χ3v) is 5.50.